The highest BCUT2D eigenvalue weighted by Gasteiger charge is 2.71. The van der Waals surface area contributed by atoms with Gasteiger partial charge in [0.2, 0.25) is 5.72 Å². The highest BCUT2D eigenvalue weighted by Crippen LogP contribution is 2.44. The fourth-order valence-electron chi connectivity index (χ4n) is 5.25. The van der Waals surface area contributed by atoms with Gasteiger partial charge < -0.3 is 87.4 Å². The van der Waals surface area contributed by atoms with E-state index in [0.29, 0.717) is 0 Å². The number of nitrogens with zero attached hydrogens (tertiary/aromatic N) is 1. The van der Waals surface area contributed by atoms with Gasteiger partial charge in [0.1, 0.15) is 42.7 Å². The van der Waals surface area contributed by atoms with Crippen molar-refractivity contribution in [3.05, 3.63) is 0 Å². The molecular weight excluding hydrogens is 560 g/mol. The number of guanidine groups is 1. The Morgan fingerprint density at radius 3 is 2.15 bits per heavy atom. The highest BCUT2D eigenvalue weighted by molar-refractivity contribution is 5.76. The van der Waals surface area contributed by atoms with Crippen LogP contribution in [0.5, 0.6) is 0 Å². The van der Waals surface area contributed by atoms with E-state index in [2.05, 4.69) is 15.6 Å². The van der Waals surface area contributed by atoms with Crippen molar-refractivity contribution in [3.63, 3.8) is 0 Å². The molecule has 0 spiro atoms. The van der Waals surface area contributed by atoms with Crippen LogP contribution in [-0.2, 0) is 23.7 Å². The zero-order valence-electron chi connectivity index (χ0n) is 22.2. The second-order valence-corrected chi connectivity index (χ2v) is 10.1. The van der Waals surface area contributed by atoms with Crippen LogP contribution in [0.3, 0.4) is 0 Å². The maximum Gasteiger partial charge on any atom is 0.251 e. The minimum Gasteiger partial charge on any atom is -0.394 e. The quantitative estimate of drug-likeness (QED) is 0.0478. The van der Waals surface area contributed by atoms with E-state index in [-0.39, 0.29) is 13.0 Å². The van der Waals surface area contributed by atoms with E-state index in [9.17, 15) is 50.8 Å². The number of ether oxygens (including phenoxy) is 4. The van der Waals surface area contributed by atoms with Crippen LogP contribution in [-0.4, -0.2) is 169 Å². The average molecular weight is 601 g/mol. The third-order valence-corrected chi connectivity index (χ3v) is 7.70. The molecule has 41 heavy (non-hydrogen) atoms. The molecule has 20 heteroatoms. The van der Waals surface area contributed by atoms with Gasteiger partial charge in [-0.05, 0) is 14.0 Å². The molecule has 20 nitrogen and oxygen atoms in total. The maximum atomic E-state index is 12.1. The third-order valence-electron chi connectivity index (χ3n) is 7.70. The van der Waals surface area contributed by atoms with Crippen LogP contribution in [0, 0.1) is 0 Å². The number of aldehydes is 1. The SMILES string of the molecule is CN[C@@H]1[C@H](O[C@H]2[C@H](O[C@]3(O)[C@H](O)[C@@H](O)[C@@H](NCN)[C@@H](O)[C@@]3(O)N=C(N)N)O[C@@H](C)[C@]2(O)C=O)O[C@@H](CO)[C@H](O)[C@H]1O. The first-order chi connectivity index (χ1) is 19.1. The number of likely N-dealkylation sites (N-methyl/N-ethyl adjacent to an activating group) is 1. The second kappa shape index (κ2) is 12.5. The first-order valence-corrected chi connectivity index (χ1v) is 12.6. The Morgan fingerprint density at radius 2 is 1.63 bits per heavy atom. The van der Waals surface area contributed by atoms with Crippen LogP contribution >= 0.6 is 0 Å². The molecule has 0 radical (unpaired) electrons. The summed E-state index contributed by atoms with van der Waals surface area (Å²) in [6.07, 6.45) is -18.6. The number of nitrogens with one attached hydrogen (secondary N) is 2. The zero-order valence-corrected chi connectivity index (χ0v) is 22.2. The van der Waals surface area contributed by atoms with Crippen molar-refractivity contribution < 1.29 is 69.7 Å². The van der Waals surface area contributed by atoms with Gasteiger partial charge in [0.25, 0.3) is 5.79 Å². The Labute approximate surface area is 233 Å². The highest BCUT2D eigenvalue weighted by atomic mass is 16.8. The fraction of sp³-hybridized carbons (Fsp3) is 0.905. The Hall–Kier alpha value is -1.70. The molecule has 15 atom stereocenters. The van der Waals surface area contributed by atoms with E-state index in [1.165, 1.54) is 14.0 Å². The van der Waals surface area contributed by atoms with E-state index in [1.54, 1.807) is 0 Å². The van der Waals surface area contributed by atoms with Crippen molar-refractivity contribution in [2.75, 3.05) is 20.3 Å². The zero-order chi connectivity index (χ0) is 31.1. The van der Waals surface area contributed by atoms with Gasteiger partial charge in [0.05, 0.1) is 24.8 Å². The minimum atomic E-state index is -3.53. The predicted molar refractivity (Wildman–Crippen MR) is 132 cm³/mol. The average Bonchev–Trinajstić information content (AvgIpc) is 3.15. The summed E-state index contributed by atoms with van der Waals surface area (Å²) in [6, 6.07) is -2.85. The molecule has 3 aliphatic rings. The molecule has 0 bridgehead atoms. The van der Waals surface area contributed by atoms with E-state index in [4.69, 9.17) is 36.1 Å². The molecule has 238 valence electrons. The van der Waals surface area contributed by atoms with E-state index >= 15 is 0 Å². The lowest BCUT2D eigenvalue weighted by Gasteiger charge is -2.54. The number of carbonyl (C=O) groups excluding carboxylic acids is 1. The lowest BCUT2D eigenvalue weighted by molar-refractivity contribution is -0.424. The molecule has 3 rings (SSSR count). The van der Waals surface area contributed by atoms with Crippen molar-refractivity contribution in [1.29, 1.82) is 0 Å². The molecule has 0 aromatic heterocycles. The summed E-state index contributed by atoms with van der Waals surface area (Å²) in [6.45, 7) is 0.0574. The molecule has 0 unspecified atom stereocenters. The molecule has 0 amide bonds. The van der Waals surface area contributed by atoms with Crippen molar-refractivity contribution in [3.8, 4) is 0 Å². The summed E-state index contributed by atoms with van der Waals surface area (Å²) < 4.78 is 22.3. The van der Waals surface area contributed by atoms with Gasteiger partial charge in [-0.3, -0.25) is 10.1 Å². The smallest absolute Gasteiger partial charge is 0.251 e. The Morgan fingerprint density at radius 1 is 1.00 bits per heavy atom. The summed E-state index contributed by atoms with van der Waals surface area (Å²) in [5.41, 5.74) is 10.3. The first kappa shape index (κ1) is 33.8. The van der Waals surface area contributed by atoms with Crippen molar-refractivity contribution in [1.82, 2.24) is 10.6 Å². The monoisotopic (exact) mass is 600 g/mol. The standard InChI is InChI=1S/C21H40N6O14/c1-6-19(35,4-29)15(40-16-9(25-2)11(31)10(30)7(3-28)39-16)17(38-6)41-21(37)14(34)12(32)8(26-5-22)13(33)20(21,36)27-18(23)24/h4,6-17,25-26,28,30-37H,3,5,22H2,1-2H3,(H4,23,24,27)/t6-,7-,8+,9-,10-,11-,12-,13+,14+,15-,16-,17-,19+,20-,21+/m0/s1. The molecule has 2 saturated heterocycles. The number of aliphatic hydroxyl groups excluding tert-OH is 6. The molecule has 17 N–H and O–H groups in total. The Bertz CT molecular complexity index is 950. The van der Waals surface area contributed by atoms with Crippen LogP contribution in [0.4, 0.5) is 0 Å². The van der Waals surface area contributed by atoms with Crippen molar-refractivity contribution in [2.24, 2.45) is 22.2 Å². The topological polar surface area (TPSA) is 351 Å². The van der Waals surface area contributed by atoms with Gasteiger partial charge in [0, 0.05) is 6.67 Å². The van der Waals surface area contributed by atoms with E-state index < -0.39 is 103 Å². The number of hydrogen-bond donors (Lipinski definition) is 14. The Balaban J connectivity index is 2.05. The molecule has 1 saturated carbocycles. The first-order valence-electron chi connectivity index (χ1n) is 12.6. The molecular formula is C21H40N6O14. The number of hydrogen-bond acceptors (Lipinski definition) is 18. The van der Waals surface area contributed by atoms with Gasteiger partial charge >= 0.3 is 0 Å². The minimum absolute atomic E-state index is 0.0200. The van der Waals surface area contributed by atoms with Crippen LogP contribution in [0.1, 0.15) is 6.92 Å². The van der Waals surface area contributed by atoms with Gasteiger partial charge in [-0.15, -0.1) is 0 Å². The number of carbonyl (C=O) groups is 1. The van der Waals surface area contributed by atoms with Gasteiger partial charge in [-0.1, -0.05) is 0 Å². The normalized spacial score (nSPS) is 50.4. The second-order valence-electron chi connectivity index (χ2n) is 10.1. The predicted octanol–water partition coefficient (Wildman–Crippen LogP) is -9.29. The van der Waals surface area contributed by atoms with Gasteiger partial charge in [0.15, 0.2) is 30.4 Å². The molecule has 2 aliphatic heterocycles. The molecule has 0 aromatic rings. The van der Waals surface area contributed by atoms with Gasteiger partial charge in [-0.25, -0.2) is 4.99 Å². The number of aliphatic imine (C=N–C) groups is 1. The number of nitrogens with two attached hydrogens (primary N) is 3. The van der Waals surface area contributed by atoms with Crippen molar-refractivity contribution >= 4 is 12.2 Å². The number of rotatable bonds is 10. The van der Waals surface area contributed by atoms with Crippen LogP contribution in [0.2, 0.25) is 0 Å². The third kappa shape index (κ3) is 5.56. The van der Waals surface area contributed by atoms with Crippen LogP contribution in [0.15, 0.2) is 4.99 Å². The summed E-state index contributed by atoms with van der Waals surface area (Å²) in [5, 5.41) is 102. The number of aliphatic hydroxyl groups is 9. The van der Waals surface area contributed by atoms with E-state index in [0.717, 1.165) is 0 Å². The van der Waals surface area contributed by atoms with E-state index in [1.807, 2.05) is 0 Å². The molecule has 0 aromatic carbocycles. The van der Waals surface area contributed by atoms with Crippen molar-refractivity contribution in [2.45, 2.75) is 97.5 Å². The molecule has 3 fully saturated rings. The molecule has 2 heterocycles. The van der Waals surface area contributed by atoms with Crippen LogP contribution < -0.4 is 27.8 Å². The lowest BCUT2D eigenvalue weighted by atomic mass is 9.76. The summed E-state index contributed by atoms with van der Waals surface area (Å²) in [7, 11) is 1.36. The summed E-state index contributed by atoms with van der Waals surface area (Å²) in [4.78, 5) is 15.5. The maximum absolute atomic E-state index is 12.1. The molecule has 1 aliphatic carbocycles. The fourth-order valence-corrected chi connectivity index (χ4v) is 5.25. The van der Waals surface area contributed by atoms with Gasteiger partial charge in [-0.2, -0.15) is 0 Å². The summed E-state index contributed by atoms with van der Waals surface area (Å²) >= 11 is 0. The van der Waals surface area contributed by atoms with Crippen LogP contribution in [0.25, 0.3) is 0 Å². The Kier molecular flexibility index (Phi) is 10.3. The largest absolute Gasteiger partial charge is 0.394 e. The summed E-state index contributed by atoms with van der Waals surface area (Å²) in [5.74, 6) is -4.43. The lowest BCUT2D eigenvalue weighted by Crippen LogP contribution is -2.81.